The molecule has 0 aromatic heterocycles. The minimum absolute atomic E-state index is 0.552. The summed E-state index contributed by atoms with van der Waals surface area (Å²) >= 11 is 4.84. The topological polar surface area (TPSA) is 26.0 Å². The van der Waals surface area contributed by atoms with Gasteiger partial charge in [0.1, 0.15) is 0 Å². The first kappa shape index (κ1) is 9.63. The van der Waals surface area contributed by atoms with Gasteiger partial charge in [-0.3, -0.25) is 0 Å². The first-order chi connectivity index (χ1) is 4.72. The van der Waals surface area contributed by atoms with E-state index >= 15 is 0 Å². The molecule has 0 aliphatic heterocycles. The molecular formula is C8H15NS. The molecule has 1 nitrogen and oxygen atoms in total. The minimum atomic E-state index is 0.552. The van der Waals surface area contributed by atoms with Gasteiger partial charge in [0.25, 0.3) is 0 Å². The van der Waals surface area contributed by atoms with Gasteiger partial charge in [-0.25, -0.2) is 0 Å². The second-order valence-corrected chi connectivity index (χ2v) is 2.72. The Balaban J connectivity index is 3.74. The van der Waals surface area contributed by atoms with E-state index in [9.17, 15) is 0 Å². The fraction of sp³-hybridized carbons (Fsp3) is 0.625. The van der Waals surface area contributed by atoms with Crippen molar-refractivity contribution < 1.29 is 0 Å². The summed E-state index contributed by atoms with van der Waals surface area (Å²) in [6, 6.07) is 0. The first-order valence-electron chi connectivity index (χ1n) is 3.67. The fourth-order valence-electron chi connectivity index (χ4n) is 0.777. The van der Waals surface area contributed by atoms with Crippen molar-refractivity contribution in [3.05, 3.63) is 11.6 Å². The number of thiocarbonyl (C=S) groups is 1. The molecule has 58 valence electrons. The Morgan fingerprint density at radius 1 is 1.60 bits per heavy atom. The van der Waals surface area contributed by atoms with Crippen LogP contribution in [0.4, 0.5) is 0 Å². The summed E-state index contributed by atoms with van der Waals surface area (Å²) in [5, 5.41) is 0. The number of unbranched alkanes of at least 4 members (excludes halogenated alkanes) is 1. The zero-order valence-corrected chi connectivity index (χ0v) is 7.50. The Bertz CT molecular complexity index is 138. The van der Waals surface area contributed by atoms with E-state index in [1.54, 1.807) is 0 Å². The molecule has 0 fully saturated rings. The van der Waals surface area contributed by atoms with E-state index in [1.165, 1.54) is 12.8 Å². The Kier molecular flexibility index (Phi) is 5.22. The van der Waals surface area contributed by atoms with Gasteiger partial charge in [0.05, 0.1) is 4.99 Å². The zero-order chi connectivity index (χ0) is 7.98. The Hall–Kier alpha value is -0.370. The van der Waals surface area contributed by atoms with Crippen LogP contribution in [-0.2, 0) is 0 Å². The van der Waals surface area contributed by atoms with Gasteiger partial charge in [-0.2, -0.15) is 0 Å². The van der Waals surface area contributed by atoms with Crippen LogP contribution in [0.25, 0.3) is 0 Å². The van der Waals surface area contributed by atoms with E-state index in [4.69, 9.17) is 18.0 Å². The van der Waals surface area contributed by atoms with Gasteiger partial charge in [-0.15, -0.1) is 0 Å². The standard InChI is InChI=1S/C8H15NS/c1-3-5-6-7(4-2)8(9)10/h4H,3,5-6H2,1-2H3,(H2,9,10). The Labute approximate surface area is 68.3 Å². The highest BCUT2D eigenvalue weighted by molar-refractivity contribution is 7.80. The maximum Gasteiger partial charge on any atom is 0.0991 e. The summed E-state index contributed by atoms with van der Waals surface area (Å²) in [4.78, 5) is 0.552. The summed E-state index contributed by atoms with van der Waals surface area (Å²) in [5.41, 5.74) is 6.57. The van der Waals surface area contributed by atoms with Crippen LogP contribution in [-0.4, -0.2) is 4.99 Å². The zero-order valence-electron chi connectivity index (χ0n) is 6.68. The highest BCUT2D eigenvalue weighted by atomic mass is 32.1. The van der Waals surface area contributed by atoms with Crippen molar-refractivity contribution in [1.29, 1.82) is 0 Å². The lowest BCUT2D eigenvalue weighted by molar-refractivity contribution is 0.802. The largest absolute Gasteiger partial charge is 0.390 e. The number of hydrogen-bond donors (Lipinski definition) is 1. The van der Waals surface area contributed by atoms with Crippen LogP contribution in [0.5, 0.6) is 0 Å². The highest BCUT2D eigenvalue weighted by Crippen LogP contribution is 2.06. The van der Waals surface area contributed by atoms with Crippen molar-refractivity contribution in [3.8, 4) is 0 Å². The molecule has 0 heterocycles. The molecule has 0 spiro atoms. The van der Waals surface area contributed by atoms with E-state index in [1.807, 2.05) is 13.0 Å². The molecule has 0 bridgehead atoms. The maximum atomic E-state index is 5.45. The maximum absolute atomic E-state index is 5.45. The van der Waals surface area contributed by atoms with E-state index < -0.39 is 0 Å². The molecule has 0 amide bonds. The molecule has 0 aliphatic rings. The number of hydrogen-bond acceptors (Lipinski definition) is 1. The molecule has 2 N–H and O–H groups in total. The number of nitrogens with two attached hydrogens (primary N) is 1. The van der Waals surface area contributed by atoms with Crippen molar-refractivity contribution in [3.63, 3.8) is 0 Å². The van der Waals surface area contributed by atoms with Crippen LogP contribution in [0.15, 0.2) is 11.6 Å². The van der Waals surface area contributed by atoms with Gasteiger partial charge >= 0.3 is 0 Å². The van der Waals surface area contributed by atoms with Crippen LogP contribution >= 0.6 is 12.2 Å². The molecule has 0 aliphatic carbocycles. The van der Waals surface area contributed by atoms with Crippen molar-refractivity contribution in [2.75, 3.05) is 0 Å². The third-order valence-electron chi connectivity index (χ3n) is 1.46. The van der Waals surface area contributed by atoms with Gasteiger partial charge in [-0.05, 0) is 25.3 Å². The number of allylic oxidation sites excluding steroid dienone is 1. The lowest BCUT2D eigenvalue weighted by atomic mass is 10.1. The molecule has 0 unspecified atom stereocenters. The lowest BCUT2D eigenvalue weighted by Crippen LogP contribution is -2.10. The van der Waals surface area contributed by atoms with E-state index in [2.05, 4.69) is 6.92 Å². The van der Waals surface area contributed by atoms with Crippen LogP contribution in [0.1, 0.15) is 33.1 Å². The summed E-state index contributed by atoms with van der Waals surface area (Å²) in [5.74, 6) is 0. The van der Waals surface area contributed by atoms with Crippen LogP contribution < -0.4 is 5.73 Å². The van der Waals surface area contributed by atoms with Gasteiger partial charge in [-0.1, -0.05) is 31.6 Å². The molecule has 0 aromatic carbocycles. The molecule has 0 radical (unpaired) electrons. The summed E-state index contributed by atoms with van der Waals surface area (Å²) in [7, 11) is 0. The predicted molar refractivity (Wildman–Crippen MR) is 50.1 cm³/mol. The lowest BCUT2D eigenvalue weighted by Gasteiger charge is -2.01. The molecule has 0 saturated carbocycles. The highest BCUT2D eigenvalue weighted by Gasteiger charge is 1.96. The molecule has 0 saturated heterocycles. The average Bonchev–Trinajstić information content (AvgIpc) is 1.89. The third kappa shape index (κ3) is 3.62. The smallest absolute Gasteiger partial charge is 0.0991 e. The minimum Gasteiger partial charge on any atom is -0.390 e. The predicted octanol–water partition coefficient (Wildman–Crippen LogP) is 2.41. The second kappa shape index (κ2) is 5.42. The molecule has 2 heteroatoms. The summed E-state index contributed by atoms with van der Waals surface area (Å²) < 4.78 is 0. The first-order valence-corrected chi connectivity index (χ1v) is 4.08. The average molecular weight is 157 g/mol. The van der Waals surface area contributed by atoms with Crippen molar-refractivity contribution >= 4 is 17.2 Å². The SMILES string of the molecule is CC=C(CCCC)C(N)=S. The quantitative estimate of drug-likeness (QED) is 0.501. The fourth-order valence-corrected chi connectivity index (χ4v) is 0.997. The van der Waals surface area contributed by atoms with Gasteiger partial charge in [0, 0.05) is 0 Å². The van der Waals surface area contributed by atoms with Crippen LogP contribution in [0, 0.1) is 0 Å². The van der Waals surface area contributed by atoms with E-state index in [0.29, 0.717) is 4.99 Å². The van der Waals surface area contributed by atoms with Crippen LogP contribution in [0.3, 0.4) is 0 Å². The van der Waals surface area contributed by atoms with Gasteiger partial charge < -0.3 is 5.73 Å². The second-order valence-electron chi connectivity index (χ2n) is 2.28. The van der Waals surface area contributed by atoms with E-state index in [0.717, 1.165) is 12.0 Å². The van der Waals surface area contributed by atoms with Crippen molar-refractivity contribution in [2.45, 2.75) is 33.1 Å². The van der Waals surface area contributed by atoms with Gasteiger partial charge in [0.2, 0.25) is 0 Å². The Morgan fingerprint density at radius 2 is 2.20 bits per heavy atom. The third-order valence-corrected chi connectivity index (χ3v) is 1.73. The normalized spacial score (nSPS) is 11.6. The van der Waals surface area contributed by atoms with Crippen molar-refractivity contribution in [1.82, 2.24) is 0 Å². The monoisotopic (exact) mass is 157 g/mol. The van der Waals surface area contributed by atoms with E-state index in [-0.39, 0.29) is 0 Å². The van der Waals surface area contributed by atoms with Crippen LogP contribution in [0.2, 0.25) is 0 Å². The number of rotatable bonds is 4. The summed E-state index contributed by atoms with van der Waals surface area (Å²) in [6.07, 6.45) is 5.40. The van der Waals surface area contributed by atoms with Crippen molar-refractivity contribution in [2.24, 2.45) is 5.73 Å². The molecule has 0 aromatic rings. The molecular weight excluding hydrogens is 142 g/mol. The molecule has 10 heavy (non-hydrogen) atoms. The van der Waals surface area contributed by atoms with Gasteiger partial charge in [0.15, 0.2) is 0 Å². The molecule has 0 rings (SSSR count). The molecule has 0 atom stereocenters. The summed E-state index contributed by atoms with van der Waals surface area (Å²) in [6.45, 7) is 4.14. The Morgan fingerprint density at radius 3 is 2.50 bits per heavy atom.